The van der Waals surface area contributed by atoms with Crippen LogP contribution in [0.4, 0.5) is 5.69 Å². The van der Waals surface area contributed by atoms with Gasteiger partial charge in [-0.05, 0) is 71.8 Å². The molecule has 4 nitrogen and oxygen atoms in total. The van der Waals surface area contributed by atoms with E-state index in [1.165, 1.54) is 5.69 Å². The standard InChI is InChI=1S/C21H19ClIN3O/c22-14-5-6-17-19(13-14)24-10-7-20(17)26-11-8-15(9-12-26)25-21(27)16-3-1-2-4-18(16)23/h1-7,10,13,15H,8-9,11-12H2,(H,25,27). The Bertz CT molecular complexity index is 986. The van der Waals surface area contributed by atoms with Gasteiger partial charge < -0.3 is 10.2 Å². The number of carbonyl (C=O) groups is 1. The summed E-state index contributed by atoms with van der Waals surface area (Å²) in [5, 5.41) is 5.00. The average Bonchev–Trinajstić information content (AvgIpc) is 2.68. The van der Waals surface area contributed by atoms with Gasteiger partial charge >= 0.3 is 0 Å². The number of aromatic nitrogens is 1. The van der Waals surface area contributed by atoms with Crippen molar-refractivity contribution >= 4 is 56.7 Å². The van der Waals surface area contributed by atoms with Gasteiger partial charge in [-0.2, -0.15) is 0 Å². The van der Waals surface area contributed by atoms with Gasteiger partial charge in [0.15, 0.2) is 0 Å². The van der Waals surface area contributed by atoms with Crippen LogP contribution in [-0.2, 0) is 0 Å². The summed E-state index contributed by atoms with van der Waals surface area (Å²) in [4.78, 5) is 19.3. The molecule has 0 aliphatic carbocycles. The molecule has 1 N–H and O–H groups in total. The third-order valence-corrected chi connectivity index (χ3v) is 6.15. The van der Waals surface area contributed by atoms with Crippen LogP contribution in [0.2, 0.25) is 5.02 Å². The number of rotatable bonds is 3. The summed E-state index contributed by atoms with van der Waals surface area (Å²) in [5.74, 6) is 0.0162. The maximum absolute atomic E-state index is 12.5. The number of nitrogens with zero attached hydrogens (tertiary/aromatic N) is 2. The molecule has 4 rings (SSSR count). The molecular formula is C21H19ClIN3O. The predicted molar refractivity (Wildman–Crippen MR) is 119 cm³/mol. The second-order valence-corrected chi connectivity index (χ2v) is 8.30. The Kier molecular flexibility index (Phi) is 5.50. The highest BCUT2D eigenvalue weighted by Gasteiger charge is 2.23. The highest BCUT2D eigenvalue weighted by molar-refractivity contribution is 14.1. The maximum Gasteiger partial charge on any atom is 0.252 e. The number of carbonyl (C=O) groups excluding carboxylic acids is 1. The molecule has 0 radical (unpaired) electrons. The van der Waals surface area contributed by atoms with E-state index in [2.05, 4.69) is 43.9 Å². The first kappa shape index (κ1) is 18.5. The number of piperidine rings is 1. The maximum atomic E-state index is 12.5. The lowest BCUT2D eigenvalue weighted by molar-refractivity contribution is 0.0930. The average molecular weight is 492 g/mol. The van der Waals surface area contributed by atoms with Gasteiger partial charge in [0.1, 0.15) is 0 Å². The number of nitrogens with one attached hydrogen (secondary N) is 1. The molecule has 2 aromatic carbocycles. The van der Waals surface area contributed by atoms with Gasteiger partial charge in [0.2, 0.25) is 0 Å². The zero-order chi connectivity index (χ0) is 18.8. The van der Waals surface area contributed by atoms with Crippen LogP contribution < -0.4 is 10.2 Å². The Labute approximate surface area is 177 Å². The van der Waals surface area contributed by atoms with Gasteiger partial charge in [-0.3, -0.25) is 9.78 Å². The minimum Gasteiger partial charge on any atom is -0.371 e. The number of fused-ring (bicyclic) bond motifs is 1. The molecule has 3 aromatic rings. The Morgan fingerprint density at radius 3 is 2.70 bits per heavy atom. The minimum atomic E-state index is 0.0162. The van der Waals surface area contributed by atoms with Crippen molar-refractivity contribution < 1.29 is 4.79 Å². The van der Waals surface area contributed by atoms with Crippen molar-refractivity contribution in [3.63, 3.8) is 0 Å². The molecule has 1 fully saturated rings. The smallest absolute Gasteiger partial charge is 0.252 e. The monoisotopic (exact) mass is 491 g/mol. The van der Waals surface area contributed by atoms with Crippen molar-refractivity contribution in [2.45, 2.75) is 18.9 Å². The molecule has 1 amide bonds. The molecule has 0 unspecified atom stereocenters. The fraction of sp³-hybridized carbons (Fsp3) is 0.238. The van der Waals surface area contributed by atoms with Crippen LogP contribution in [0, 0.1) is 3.57 Å². The van der Waals surface area contributed by atoms with E-state index >= 15 is 0 Å². The summed E-state index contributed by atoms with van der Waals surface area (Å²) >= 11 is 8.30. The Balaban J connectivity index is 1.44. The second-order valence-electron chi connectivity index (χ2n) is 6.71. The number of anilines is 1. The first-order valence-corrected chi connectivity index (χ1v) is 10.4. The summed E-state index contributed by atoms with van der Waals surface area (Å²) in [6, 6.07) is 15.8. The molecule has 1 aliphatic rings. The lowest BCUT2D eigenvalue weighted by Crippen LogP contribution is -2.45. The van der Waals surface area contributed by atoms with Crippen molar-refractivity contribution in [3.05, 3.63) is 68.9 Å². The largest absolute Gasteiger partial charge is 0.371 e. The van der Waals surface area contributed by atoms with Crippen LogP contribution in [0.1, 0.15) is 23.2 Å². The van der Waals surface area contributed by atoms with Crippen LogP contribution in [0.15, 0.2) is 54.7 Å². The fourth-order valence-corrected chi connectivity index (χ4v) is 4.35. The van der Waals surface area contributed by atoms with E-state index < -0.39 is 0 Å². The normalized spacial score (nSPS) is 15.1. The lowest BCUT2D eigenvalue weighted by atomic mass is 10.0. The van der Waals surface area contributed by atoms with Crippen LogP contribution in [0.5, 0.6) is 0 Å². The van der Waals surface area contributed by atoms with Gasteiger partial charge in [-0.15, -0.1) is 0 Å². The highest BCUT2D eigenvalue weighted by Crippen LogP contribution is 2.29. The number of hydrogen-bond acceptors (Lipinski definition) is 3. The lowest BCUT2D eigenvalue weighted by Gasteiger charge is -2.34. The van der Waals surface area contributed by atoms with E-state index in [0.717, 1.165) is 46.0 Å². The van der Waals surface area contributed by atoms with Crippen LogP contribution in [0.25, 0.3) is 10.9 Å². The van der Waals surface area contributed by atoms with Crippen LogP contribution in [0.3, 0.4) is 0 Å². The van der Waals surface area contributed by atoms with Crippen molar-refractivity contribution in [2.75, 3.05) is 18.0 Å². The topological polar surface area (TPSA) is 45.2 Å². The molecule has 1 aromatic heterocycles. The molecule has 1 saturated heterocycles. The van der Waals surface area contributed by atoms with Gasteiger partial charge in [-0.25, -0.2) is 0 Å². The third-order valence-electron chi connectivity index (χ3n) is 4.97. The SMILES string of the molecule is O=C(NC1CCN(c2ccnc3cc(Cl)ccc23)CC1)c1ccccc1I. The van der Waals surface area contributed by atoms with E-state index in [1.54, 1.807) is 0 Å². The number of amides is 1. The van der Waals surface area contributed by atoms with E-state index in [1.807, 2.05) is 48.7 Å². The Morgan fingerprint density at radius 2 is 1.93 bits per heavy atom. The van der Waals surface area contributed by atoms with Gasteiger partial charge in [0, 0.05) is 45.0 Å². The van der Waals surface area contributed by atoms with Crippen molar-refractivity contribution in [1.29, 1.82) is 0 Å². The predicted octanol–water partition coefficient (Wildman–Crippen LogP) is 4.89. The van der Waals surface area contributed by atoms with Crippen molar-refractivity contribution in [2.24, 2.45) is 0 Å². The van der Waals surface area contributed by atoms with Gasteiger partial charge in [0.25, 0.3) is 5.91 Å². The Morgan fingerprint density at radius 1 is 1.15 bits per heavy atom. The number of halogens is 2. The fourth-order valence-electron chi connectivity index (χ4n) is 3.56. The van der Waals surface area contributed by atoms with E-state index in [9.17, 15) is 4.79 Å². The molecule has 2 heterocycles. The number of pyridine rings is 1. The third kappa shape index (κ3) is 4.04. The van der Waals surface area contributed by atoms with Crippen LogP contribution in [-0.4, -0.2) is 30.0 Å². The van der Waals surface area contributed by atoms with Crippen molar-refractivity contribution in [3.8, 4) is 0 Å². The summed E-state index contributed by atoms with van der Waals surface area (Å²) in [6.45, 7) is 1.80. The van der Waals surface area contributed by atoms with Gasteiger partial charge in [-0.1, -0.05) is 23.7 Å². The molecule has 0 saturated carbocycles. The zero-order valence-corrected chi connectivity index (χ0v) is 17.6. The summed E-state index contributed by atoms with van der Waals surface area (Å²) < 4.78 is 0.979. The van der Waals surface area contributed by atoms with Crippen LogP contribution >= 0.6 is 34.2 Å². The summed E-state index contributed by atoms with van der Waals surface area (Å²) in [6.07, 6.45) is 3.68. The van der Waals surface area contributed by atoms with E-state index in [-0.39, 0.29) is 11.9 Å². The Hall–Kier alpha value is -1.86. The first-order chi connectivity index (χ1) is 13.1. The molecule has 0 bridgehead atoms. The van der Waals surface area contributed by atoms with E-state index in [0.29, 0.717) is 5.02 Å². The number of hydrogen-bond donors (Lipinski definition) is 1. The molecule has 27 heavy (non-hydrogen) atoms. The molecule has 1 aliphatic heterocycles. The summed E-state index contributed by atoms with van der Waals surface area (Å²) in [5.41, 5.74) is 2.84. The molecule has 138 valence electrons. The molecular weight excluding hydrogens is 473 g/mol. The second kappa shape index (κ2) is 8.02. The molecule has 6 heteroatoms. The highest BCUT2D eigenvalue weighted by atomic mass is 127. The quantitative estimate of drug-likeness (QED) is 0.531. The minimum absolute atomic E-state index is 0.0162. The first-order valence-electron chi connectivity index (χ1n) is 8.96. The van der Waals surface area contributed by atoms with Gasteiger partial charge in [0.05, 0.1) is 11.1 Å². The number of benzene rings is 2. The molecule has 0 atom stereocenters. The molecule has 0 spiro atoms. The zero-order valence-electron chi connectivity index (χ0n) is 14.7. The van der Waals surface area contributed by atoms with Crippen molar-refractivity contribution in [1.82, 2.24) is 10.3 Å². The van der Waals surface area contributed by atoms with E-state index in [4.69, 9.17) is 11.6 Å². The summed E-state index contributed by atoms with van der Waals surface area (Å²) in [7, 11) is 0.